The van der Waals surface area contributed by atoms with Gasteiger partial charge in [-0.2, -0.15) is 4.31 Å². The Labute approximate surface area is 144 Å². The van der Waals surface area contributed by atoms with Crippen LogP contribution in [0.3, 0.4) is 0 Å². The van der Waals surface area contributed by atoms with Crippen LogP contribution in [0.5, 0.6) is 0 Å². The number of sulfonamides is 1. The predicted octanol–water partition coefficient (Wildman–Crippen LogP) is 1.93. The lowest BCUT2D eigenvalue weighted by atomic mass is 10.3. The van der Waals surface area contributed by atoms with Gasteiger partial charge < -0.3 is 14.5 Å². The van der Waals surface area contributed by atoms with Crippen LogP contribution in [0.25, 0.3) is 0 Å². The molecular formula is C17H28N2O4S. The highest BCUT2D eigenvalue weighted by Crippen LogP contribution is 2.47. The van der Waals surface area contributed by atoms with Crippen molar-refractivity contribution in [3.63, 3.8) is 0 Å². The van der Waals surface area contributed by atoms with E-state index in [4.69, 9.17) is 9.15 Å². The van der Waals surface area contributed by atoms with Gasteiger partial charge in [0.1, 0.15) is 11.5 Å². The van der Waals surface area contributed by atoms with E-state index in [1.807, 2.05) is 26.0 Å². The van der Waals surface area contributed by atoms with Crippen LogP contribution in [0.2, 0.25) is 0 Å². The molecule has 2 aliphatic rings. The van der Waals surface area contributed by atoms with Gasteiger partial charge in [0.05, 0.1) is 24.5 Å². The van der Waals surface area contributed by atoms with Crippen LogP contribution < -0.4 is 5.32 Å². The predicted molar refractivity (Wildman–Crippen MR) is 92.3 cm³/mol. The summed E-state index contributed by atoms with van der Waals surface area (Å²) in [6.07, 6.45) is 1.10. The first kappa shape index (κ1) is 17.9. The standard InChI is InChI=1S/C17H28N2O4S/c1-12-8-16(12)17-5-4-15(23-17)9-18-6-7-24(20,21)19-10-13(2)22-14(3)11-19/h4-5,12-14,16,18H,6-11H2,1-3H3/t12-,13-,14+,16+/m0/s1. The fourth-order valence-corrected chi connectivity index (χ4v) is 4.84. The summed E-state index contributed by atoms with van der Waals surface area (Å²) in [4.78, 5) is 0. The number of ether oxygens (including phenoxy) is 1. The summed E-state index contributed by atoms with van der Waals surface area (Å²) in [5, 5.41) is 3.17. The molecule has 0 amide bonds. The summed E-state index contributed by atoms with van der Waals surface area (Å²) < 4.78 is 37.8. The lowest BCUT2D eigenvalue weighted by molar-refractivity contribution is -0.0440. The average Bonchev–Trinajstić information content (AvgIpc) is 3.05. The minimum Gasteiger partial charge on any atom is -0.464 e. The zero-order chi connectivity index (χ0) is 17.3. The van der Waals surface area contributed by atoms with Crippen LogP contribution in [0.1, 0.15) is 44.6 Å². The van der Waals surface area contributed by atoms with Gasteiger partial charge in [-0.25, -0.2) is 8.42 Å². The number of nitrogens with zero attached hydrogens (tertiary/aromatic N) is 1. The van der Waals surface area contributed by atoms with E-state index in [1.54, 1.807) is 4.31 Å². The number of rotatable bonds is 7. The first-order valence-electron chi connectivity index (χ1n) is 8.78. The Hall–Kier alpha value is -0.890. The van der Waals surface area contributed by atoms with Crippen molar-refractivity contribution in [3.05, 3.63) is 23.7 Å². The Balaban J connectivity index is 1.43. The van der Waals surface area contributed by atoms with Gasteiger partial charge in [0.2, 0.25) is 10.0 Å². The number of hydrogen-bond acceptors (Lipinski definition) is 5. The summed E-state index contributed by atoms with van der Waals surface area (Å²) in [7, 11) is -3.25. The second kappa shape index (κ2) is 7.15. The van der Waals surface area contributed by atoms with Gasteiger partial charge in [-0.05, 0) is 38.3 Å². The molecule has 1 saturated heterocycles. The van der Waals surface area contributed by atoms with Crippen LogP contribution in [0, 0.1) is 5.92 Å². The van der Waals surface area contributed by atoms with Crippen molar-refractivity contribution in [3.8, 4) is 0 Å². The van der Waals surface area contributed by atoms with Crippen molar-refractivity contribution in [1.29, 1.82) is 0 Å². The van der Waals surface area contributed by atoms with Crippen molar-refractivity contribution < 1.29 is 17.6 Å². The molecule has 0 aromatic carbocycles. The van der Waals surface area contributed by atoms with Gasteiger partial charge in [-0.15, -0.1) is 0 Å². The Morgan fingerprint density at radius 1 is 1.21 bits per heavy atom. The Bertz CT molecular complexity index is 647. The topological polar surface area (TPSA) is 71.8 Å². The molecule has 136 valence electrons. The molecule has 1 saturated carbocycles. The summed E-state index contributed by atoms with van der Waals surface area (Å²) in [5.74, 6) is 3.32. The normalized spacial score (nSPS) is 31.3. The van der Waals surface area contributed by atoms with E-state index in [-0.39, 0.29) is 18.0 Å². The van der Waals surface area contributed by atoms with Crippen molar-refractivity contribution in [2.45, 2.75) is 51.9 Å². The first-order valence-corrected chi connectivity index (χ1v) is 10.4. The molecule has 2 fully saturated rings. The maximum absolute atomic E-state index is 12.4. The van der Waals surface area contributed by atoms with Gasteiger partial charge in [-0.1, -0.05) is 6.92 Å². The molecule has 6 nitrogen and oxygen atoms in total. The summed E-state index contributed by atoms with van der Waals surface area (Å²) in [6, 6.07) is 4.02. The van der Waals surface area contributed by atoms with Gasteiger partial charge in [-0.3, -0.25) is 0 Å². The lowest BCUT2D eigenvalue weighted by Gasteiger charge is -2.34. The van der Waals surface area contributed by atoms with E-state index in [9.17, 15) is 8.42 Å². The van der Waals surface area contributed by atoms with Crippen LogP contribution in [0.4, 0.5) is 0 Å². The minimum atomic E-state index is -3.25. The molecule has 0 unspecified atom stereocenters. The maximum atomic E-state index is 12.4. The molecule has 3 rings (SSSR count). The Kier molecular flexibility index (Phi) is 5.34. The lowest BCUT2D eigenvalue weighted by Crippen LogP contribution is -2.49. The highest BCUT2D eigenvalue weighted by atomic mass is 32.2. The van der Waals surface area contributed by atoms with E-state index in [2.05, 4.69) is 12.2 Å². The molecule has 4 atom stereocenters. The molecule has 7 heteroatoms. The van der Waals surface area contributed by atoms with E-state index < -0.39 is 10.0 Å². The van der Waals surface area contributed by atoms with Gasteiger partial charge in [0.25, 0.3) is 0 Å². The van der Waals surface area contributed by atoms with Crippen molar-refractivity contribution in [1.82, 2.24) is 9.62 Å². The average molecular weight is 356 g/mol. The summed E-state index contributed by atoms with van der Waals surface area (Å²) in [6.45, 7) is 7.90. The second-order valence-corrected chi connectivity index (χ2v) is 9.28. The first-order chi connectivity index (χ1) is 11.3. The third kappa shape index (κ3) is 4.39. The number of furan rings is 1. The fourth-order valence-electron chi connectivity index (χ4n) is 3.31. The summed E-state index contributed by atoms with van der Waals surface area (Å²) >= 11 is 0. The number of hydrogen-bond donors (Lipinski definition) is 1. The summed E-state index contributed by atoms with van der Waals surface area (Å²) in [5.41, 5.74) is 0. The van der Waals surface area contributed by atoms with Crippen LogP contribution in [-0.2, 0) is 21.3 Å². The molecule has 1 aliphatic carbocycles. The van der Waals surface area contributed by atoms with Crippen LogP contribution in [-0.4, -0.2) is 50.3 Å². The molecular weight excluding hydrogens is 328 g/mol. The monoisotopic (exact) mass is 356 g/mol. The van der Waals surface area contributed by atoms with E-state index in [0.29, 0.717) is 32.1 Å². The molecule has 1 aromatic rings. The molecule has 0 radical (unpaired) electrons. The van der Waals surface area contributed by atoms with E-state index >= 15 is 0 Å². The molecule has 0 spiro atoms. The fraction of sp³-hybridized carbons (Fsp3) is 0.765. The second-order valence-electron chi connectivity index (χ2n) is 7.19. The van der Waals surface area contributed by atoms with Crippen molar-refractivity contribution >= 4 is 10.0 Å². The van der Waals surface area contributed by atoms with Crippen LogP contribution >= 0.6 is 0 Å². The van der Waals surface area contributed by atoms with Gasteiger partial charge >= 0.3 is 0 Å². The van der Waals surface area contributed by atoms with E-state index in [0.717, 1.165) is 17.4 Å². The Morgan fingerprint density at radius 2 is 1.88 bits per heavy atom. The van der Waals surface area contributed by atoms with Gasteiger partial charge in [0.15, 0.2) is 0 Å². The molecule has 24 heavy (non-hydrogen) atoms. The maximum Gasteiger partial charge on any atom is 0.215 e. The zero-order valence-corrected chi connectivity index (χ0v) is 15.5. The molecule has 2 heterocycles. The molecule has 0 bridgehead atoms. The zero-order valence-electron chi connectivity index (χ0n) is 14.7. The van der Waals surface area contributed by atoms with Crippen LogP contribution in [0.15, 0.2) is 16.5 Å². The number of morpholine rings is 1. The molecule has 1 N–H and O–H groups in total. The van der Waals surface area contributed by atoms with Crippen molar-refractivity contribution in [2.75, 3.05) is 25.4 Å². The SMILES string of the molecule is C[C@@H]1CN(S(=O)(=O)CCNCc2ccc([C@@H]3C[C@@H]3C)o2)C[C@H](C)O1. The van der Waals surface area contributed by atoms with Crippen molar-refractivity contribution in [2.24, 2.45) is 5.92 Å². The molecule has 1 aromatic heterocycles. The smallest absolute Gasteiger partial charge is 0.215 e. The minimum absolute atomic E-state index is 0.0529. The van der Waals surface area contributed by atoms with Gasteiger partial charge in [0, 0.05) is 25.6 Å². The highest BCUT2D eigenvalue weighted by molar-refractivity contribution is 7.89. The Morgan fingerprint density at radius 3 is 2.50 bits per heavy atom. The number of nitrogens with one attached hydrogen (secondary N) is 1. The third-order valence-corrected chi connectivity index (χ3v) is 6.58. The quantitative estimate of drug-likeness (QED) is 0.756. The third-order valence-electron chi connectivity index (χ3n) is 4.77. The highest BCUT2D eigenvalue weighted by Gasteiger charge is 2.36. The largest absolute Gasteiger partial charge is 0.464 e. The van der Waals surface area contributed by atoms with E-state index in [1.165, 1.54) is 6.42 Å². The molecule has 1 aliphatic heterocycles.